The normalized spacial score (nSPS) is 10.5. The van der Waals surface area contributed by atoms with E-state index in [-0.39, 0.29) is 5.69 Å². The maximum absolute atomic E-state index is 10.9. The summed E-state index contributed by atoms with van der Waals surface area (Å²) in [4.78, 5) is 13.6. The van der Waals surface area contributed by atoms with E-state index in [2.05, 4.69) is 4.98 Å². The van der Waals surface area contributed by atoms with Crippen molar-refractivity contribution in [1.82, 2.24) is 9.55 Å². The number of non-ortho nitro benzene ring substituents is 1. The number of nitro groups is 1. The van der Waals surface area contributed by atoms with Crippen LogP contribution in [0.25, 0.3) is 11.3 Å². The second-order valence-corrected chi connectivity index (χ2v) is 5.24. The van der Waals surface area contributed by atoms with Gasteiger partial charge in [-0.05, 0) is 17.8 Å². The SMILES string of the molecule is O=[N+]([O-])c1cccc(-c2c[nH]c(=S)n2Cc2ccccc2)c1. The number of rotatable bonds is 4. The van der Waals surface area contributed by atoms with Gasteiger partial charge in [-0.25, -0.2) is 0 Å². The zero-order valence-electron chi connectivity index (χ0n) is 11.6. The molecule has 3 aromatic rings. The van der Waals surface area contributed by atoms with Crippen molar-refractivity contribution in [3.63, 3.8) is 0 Å². The average molecular weight is 311 g/mol. The van der Waals surface area contributed by atoms with Crippen LogP contribution in [0.2, 0.25) is 0 Å². The Morgan fingerprint density at radius 1 is 1.14 bits per heavy atom. The Bertz CT molecular complexity index is 868. The lowest BCUT2D eigenvalue weighted by atomic mass is 10.1. The van der Waals surface area contributed by atoms with Crippen molar-refractivity contribution >= 4 is 17.9 Å². The Balaban J connectivity index is 2.04. The van der Waals surface area contributed by atoms with E-state index in [1.54, 1.807) is 18.3 Å². The van der Waals surface area contributed by atoms with Crippen molar-refractivity contribution in [2.45, 2.75) is 6.54 Å². The first kappa shape index (κ1) is 14.2. The maximum Gasteiger partial charge on any atom is 0.270 e. The highest BCUT2D eigenvalue weighted by molar-refractivity contribution is 7.71. The summed E-state index contributed by atoms with van der Waals surface area (Å²) in [6, 6.07) is 16.5. The zero-order chi connectivity index (χ0) is 15.5. The molecule has 0 aliphatic carbocycles. The molecule has 1 N–H and O–H groups in total. The summed E-state index contributed by atoms with van der Waals surface area (Å²) in [5.41, 5.74) is 2.77. The van der Waals surface area contributed by atoms with Crippen LogP contribution in [0, 0.1) is 14.9 Å². The molecular formula is C16H13N3O2S. The lowest BCUT2D eigenvalue weighted by molar-refractivity contribution is -0.384. The molecule has 6 heteroatoms. The molecule has 0 aliphatic rings. The molecule has 3 rings (SSSR count). The molecular weight excluding hydrogens is 298 g/mol. The van der Waals surface area contributed by atoms with Gasteiger partial charge in [0.2, 0.25) is 0 Å². The van der Waals surface area contributed by atoms with Crippen molar-refractivity contribution in [3.8, 4) is 11.3 Å². The number of nitro benzene ring substituents is 1. The monoisotopic (exact) mass is 311 g/mol. The molecule has 2 aromatic carbocycles. The third-order valence-electron chi connectivity index (χ3n) is 3.40. The van der Waals surface area contributed by atoms with Crippen LogP contribution in [0.3, 0.4) is 0 Å². The molecule has 0 unspecified atom stereocenters. The summed E-state index contributed by atoms with van der Waals surface area (Å²) in [6.07, 6.45) is 1.78. The lowest BCUT2D eigenvalue weighted by Gasteiger charge is -2.08. The highest BCUT2D eigenvalue weighted by Crippen LogP contribution is 2.24. The van der Waals surface area contributed by atoms with Gasteiger partial charge in [0.05, 0.1) is 17.2 Å². The maximum atomic E-state index is 10.9. The van der Waals surface area contributed by atoms with Gasteiger partial charge in [0.25, 0.3) is 5.69 Å². The van der Waals surface area contributed by atoms with Gasteiger partial charge in [0, 0.05) is 23.9 Å². The molecule has 110 valence electrons. The van der Waals surface area contributed by atoms with Gasteiger partial charge in [-0.3, -0.25) is 10.1 Å². The number of benzene rings is 2. The summed E-state index contributed by atoms with van der Waals surface area (Å²) in [5.74, 6) is 0. The second kappa shape index (κ2) is 5.95. The molecule has 22 heavy (non-hydrogen) atoms. The van der Waals surface area contributed by atoms with Gasteiger partial charge < -0.3 is 9.55 Å². The predicted molar refractivity (Wildman–Crippen MR) is 87.3 cm³/mol. The molecule has 0 radical (unpaired) electrons. The number of nitrogens with one attached hydrogen (secondary N) is 1. The molecule has 1 aromatic heterocycles. The fourth-order valence-corrected chi connectivity index (χ4v) is 2.56. The molecule has 0 bridgehead atoms. The number of hydrogen-bond acceptors (Lipinski definition) is 3. The first-order valence-electron chi connectivity index (χ1n) is 6.72. The molecule has 0 atom stereocenters. The van der Waals surface area contributed by atoms with E-state index in [0.29, 0.717) is 11.3 Å². The summed E-state index contributed by atoms with van der Waals surface area (Å²) < 4.78 is 2.52. The molecule has 0 aliphatic heterocycles. The summed E-state index contributed by atoms with van der Waals surface area (Å²) in [7, 11) is 0. The summed E-state index contributed by atoms with van der Waals surface area (Å²) in [6.45, 7) is 0.612. The first-order valence-corrected chi connectivity index (χ1v) is 7.13. The Kier molecular flexibility index (Phi) is 3.84. The van der Waals surface area contributed by atoms with Gasteiger partial charge in [-0.2, -0.15) is 0 Å². The van der Waals surface area contributed by atoms with E-state index >= 15 is 0 Å². The highest BCUT2D eigenvalue weighted by atomic mass is 32.1. The number of hydrogen-bond donors (Lipinski definition) is 1. The average Bonchev–Trinajstić information content (AvgIpc) is 2.89. The quantitative estimate of drug-likeness (QED) is 0.447. The summed E-state index contributed by atoms with van der Waals surface area (Å²) >= 11 is 5.33. The van der Waals surface area contributed by atoms with Gasteiger partial charge in [-0.15, -0.1) is 0 Å². The predicted octanol–water partition coefficient (Wildman–Crippen LogP) is 4.17. The summed E-state index contributed by atoms with van der Waals surface area (Å²) in [5, 5.41) is 10.9. The van der Waals surface area contributed by atoms with Gasteiger partial charge >= 0.3 is 0 Å². The van der Waals surface area contributed by atoms with E-state index in [1.165, 1.54) is 6.07 Å². The number of H-pyrrole nitrogens is 1. The molecule has 1 heterocycles. The largest absolute Gasteiger partial charge is 0.337 e. The minimum Gasteiger partial charge on any atom is -0.337 e. The molecule has 0 saturated heterocycles. The van der Waals surface area contributed by atoms with Gasteiger partial charge in [0.15, 0.2) is 4.77 Å². The van der Waals surface area contributed by atoms with Crippen LogP contribution < -0.4 is 0 Å². The van der Waals surface area contributed by atoms with Crippen LogP contribution in [0.5, 0.6) is 0 Å². The smallest absolute Gasteiger partial charge is 0.270 e. The van der Waals surface area contributed by atoms with Crippen LogP contribution >= 0.6 is 12.2 Å². The van der Waals surface area contributed by atoms with Crippen LogP contribution in [0.15, 0.2) is 60.8 Å². The van der Waals surface area contributed by atoms with Crippen molar-refractivity contribution in [2.24, 2.45) is 0 Å². The fraction of sp³-hybridized carbons (Fsp3) is 0.0625. The van der Waals surface area contributed by atoms with Crippen molar-refractivity contribution in [3.05, 3.63) is 81.2 Å². The zero-order valence-corrected chi connectivity index (χ0v) is 12.4. The Labute approximate surface area is 132 Å². The van der Waals surface area contributed by atoms with E-state index < -0.39 is 4.92 Å². The third kappa shape index (κ3) is 2.82. The van der Waals surface area contributed by atoms with Crippen molar-refractivity contribution in [1.29, 1.82) is 0 Å². The molecule has 0 spiro atoms. The van der Waals surface area contributed by atoms with Crippen molar-refractivity contribution in [2.75, 3.05) is 0 Å². The third-order valence-corrected chi connectivity index (χ3v) is 3.74. The second-order valence-electron chi connectivity index (χ2n) is 4.86. The standard InChI is InChI=1S/C16H13N3O2S/c20-19(21)14-8-4-7-13(9-14)15-10-17-16(22)18(15)11-12-5-2-1-3-6-12/h1-10H,11H2,(H,17,22). The molecule has 0 saturated carbocycles. The van der Waals surface area contributed by atoms with E-state index in [0.717, 1.165) is 16.8 Å². The highest BCUT2D eigenvalue weighted by Gasteiger charge is 2.11. The minimum atomic E-state index is -0.397. The topological polar surface area (TPSA) is 63.9 Å². The first-order chi connectivity index (χ1) is 10.6. The minimum absolute atomic E-state index is 0.0656. The van der Waals surface area contributed by atoms with E-state index in [1.807, 2.05) is 41.0 Å². The van der Waals surface area contributed by atoms with Crippen LogP contribution in [-0.2, 0) is 6.54 Å². The number of imidazole rings is 1. The van der Waals surface area contributed by atoms with E-state index in [4.69, 9.17) is 12.2 Å². The number of aromatic amines is 1. The Morgan fingerprint density at radius 3 is 2.64 bits per heavy atom. The molecule has 5 nitrogen and oxygen atoms in total. The van der Waals surface area contributed by atoms with Gasteiger partial charge in [-0.1, -0.05) is 42.5 Å². The number of nitrogens with zero attached hydrogens (tertiary/aromatic N) is 2. The van der Waals surface area contributed by atoms with Crippen LogP contribution in [0.1, 0.15) is 5.56 Å². The fourth-order valence-electron chi connectivity index (χ4n) is 2.34. The molecule has 0 fully saturated rings. The van der Waals surface area contributed by atoms with Gasteiger partial charge in [0.1, 0.15) is 0 Å². The lowest BCUT2D eigenvalue weighted by Crippen LogP contribution is -2.02. The van der Waals surface area contributed by atoms with E-state index in [9.17, 15) is 10.1 Å². The Morgan fingerprint density at radius 2 is 1.91 bits per heavy atom. The van der Waals surface area contributed by atoms with Crippen LogP contribution in [-0.4, -0.2) is 14.5 Å². The van der Waals surface area contributed by atoms with Crippen LogP contribution in [0.4, 0.5) is 5.69 Å². The van der Waals surface area contributed by atoms with Crippen molar-refractivity contribution < 1.29 is 4.92 Å². The Hall–Kier alpha value is -2.73. The molecule has 0 amide bonds. The number of aromatic nitrogens is 2.